The van der Waals surface area contributed by atoms with E-state index < -0.39 is 0 Å². The molecule has 0 unspecified atom stereocenters. The van der Waals surface area contributed by atoms with E-state index in [0.29, 0.717) is 12.3 Å². The van der Waals surface area contributed by atoms with Gasteiger partial charge in [-0.3, -0.25) is 0 Å². The number of Topliss-reactive ketones (excluding diaryl/α,β-unsaturated/α-hetero) is 1. The summed E-state index contributed by atoms with van der Waals surface area (Å²) in [6, 6.07) is 18.8. The summed E-state index contributed by atoms with van der Waals surface area (Å²) < 4.78 is 0. The maximum atomic E-state index is 11.7. The van der Waals surface area contributed by atoms with Crippen molar-refractivity contribution in [2.24, 2.45) is 0 Å². The fraction of sp³-hybridized carbons (Fsp3) is 0.348. The van der Waals surface area contributed by atoms with Gasteiger partial charge in [-0.1, -0.05) is 92.9 Å². The molecule has 0 saturated carbocycles. The van der Waals surface area contributed by atoms with Gasteiger partial charge in [0.25, 0.3) is 0 Å². The Bertz CT molecular complexity index is 655. The molecule has 0 N–H and O–H groups in total. The highest BCUT2D eigenvalue weighted by Crippen LogP contribution is 2.30. The summed E-state index contributed by atoms with van der Waals surface area (Å²) in [5.74, 6) is 0.601. The topological polar surface area (TPSA) is 17.1 Å². The summed E-state index contributed by atoms with van der Waals surface area (Å²) in [7, 11) is 0. The Morgan fingerprint density at radius 2 is 1.67 bits per heavy atom. The lowest BCUT2D eigenvalue weighted by molar-refractivity contribution is -0.117. The van der Waals surface area contributed by atoms with Crippen LogP contribution in [0.3, 0.4) is 0 Å². The predicted molar refractivity (Wildman–Crippen MR) is 104 cm³/mol. The number of hydrogen-bond donors (Lipinski definition) is 0. The van der Waals surface area contributed by atoms with Crippen LogP contribution >= 0.6 is 0 Å². The summed E-state index contributed by atoms with van der Waals surface area (Å²) in [6.45, 7) is 3.92. The first-order chi connectivity index (χ1) is 11.7. The zero-order chi connectivity index (χ0) is 17.2. The van der Waals surface area contributed by atoms with Crippen molar-refractivity contribution in [3.63, 3.8) is 0 Å². The average Bonchev–Trinajstić information content (AvgIpc) is 2.60. The zero-order valence-corrected chi connectivity index (χ0v) is 14.9. The average molecular weight is 320 g/mol. The molecular formula is C23H28O. The van der Waals surface area contributed by atoms with E-state index in [1.165, 1.54) is 36.0 Å². The Morgan fingerprint density at radius 3 is 2.38 bits per heavy atom. The van der Waals surface area contributed by atoms with Crippen LogP contribution < -0.4 is 0 Å². The van der Waals surface area contributed by atoms with Gasteiger partial charge >= 0.3 is 0 Å². The molecule has 0 fully saturated rings. The van der Waals surface area contributed by atoms with Crippen molar-refractivity contribution in [1.29, 1.82) is 0 Å². The van der Waals surface area contributed by atoms with Gasteiger partial charge in [-0.2, -0.15) is 0 Å². The third kappa shape index (κ3) is 5.81. The van der Waals surface area contributed by atoms with Crippen molar-refractivity contribution >= 4 is 17.9 Å². The molecule has 0 bridgehead atoms. The number of benzene rings is 2. The highest BCUT2D eigenvalue weighted by atomic mass is 16.1. The number of hydrogen-bond acceptors (Lipinski definition) is 1. The number of carbonyl (C=O) groups is 1. The molecule has 1 heteroatoms. The Labute approximate surface area is 146 Å². The minimum atomic E-state index is 0.276. The van der Waals surface area contributed by atoms with Crippen LogP contribution in [0.4, 0.5) is 0 Å². The van der Waals surface area contributed by atoms with Gasteiger partial charge in [0.05, 0.1) is 0 Å². The lowest BCUT2D eigenvalue weighted by atomic mass is 9.86. The SMILES string of the molecule is CCCCC[C@@H](CC(C)=O)c1ccccc1/C=C/c1ccccc1. The number of carbonyl (C=O) groups excluding carboxylic acids is 1. The van der Waals surface area contributed by atoms with Crippen molar-refractivity contribution in [1.82, 2.24) is 0 Å². The van der Waals surface area contributed by atoms with Crippen LogP contribution in [0.1, 0.15) is 68.6 Å². The quantitative estimate of drug-likeness (QED) is 0.381. The van der Waals surface area contributed by atoms with Crippen LogP contribution in [0.15, 0.2) is 54.6 Å². The van der Waals surface area contributed by atoms with E-state index in [0.717, 1.165) is 6.42 Å². The molecule has 0 aliphatic carbocycles. The number of unbranched alkanes of at least 4 members (excludes halogenated alkanes) is 2. The Hall–Kier alpha value is -2.15. The maximum Gasteiger partial charge on any atom is 0.130 e. The Morgan fingerprint density at radius 1 is 0.958 bits per heavy atom. The molecular weight excluding hydrogens is 292 g/mol. The predicted octanol–water partition coefficient (Wildman–Crippen LogP) is 6.50. The summed E-state index contributed by atoms with van der Waals surface area (Å²) in [6.07, 6.45) is 9.68. The highest BCUT2D eigenvalue weighted by Gasteiger charge is 2.16. The van der Waals surface area contributed by atoms with E-state index in [4.69, 9.17) is 0 Å². The lowest BCUT2D eigenvalue weighted by Crippen LogP contribution is -2.06. The van der Waals surface area contributed by atoms with Crippen LogP contribution in [0, 0.1) is 0 Å². The molecule has 24 heavy (non-hydrogen) atoms. The van der Waals surface area contributed by atoms with E-state index in [2.05, 4.69) is 67.6 Å². The van der Waals surface area contributed by atoms with Gasteiger partial charge < -0.3 is 4.79 Å². The molecule has 0 aliphatic heterocycles. The maximum absolute atomic E-state index is 11.7. The van der Waals surface area contributed by atoms with Gasteiger partial charge in [0.1, 0.15) is 5.78 Å². The van der Waals surface area contributed by atoms with E-state index in [1.807, 2.05) is 6.07 Å². The zero-order valence-electron chi connectivity index (χ0n) is 14.9. The second-order valence-corrected chi connectivity index (χ2v) is 6.47. The smallest absolute Gasteiger partial charge is 0.130 e. The van der Waals surface area contributed by atoms with Crippen LogP contribution in [-0.2, 0) is 4.79 Å². The monoisotopic (exact) mass is 320 g/mol. The molecule has 2 rings (SSSR count). The minimum absolute atomic E-state index is 0.276. The van der Waals surface area contributed by atoms with Crippen LogP contribution in [-0.4, -0.2) is 5.78 Å². The van der Waals surface area contributed by atoms with E-state index in [-0.39, 0.29) is 5.78 Å². The molecule has 2 aromatic rings. The number of rotatable bonds is 9. The molecule has 1 nitrogen and oxygen atoms in total. The van der Waals surface area contributed by atoms with E-state index in [1.54, 1.807) is 6.92 Å². The lowest BCUT2D eigenvalue weighted by Gasteiger charge is -2.18. The molecule has 1 atom stereocenters. The first kappa shape index (κ1) is 18.2. The first-order valence-corrected chi connectivity index (χ1v) is 9.02. The molecule has 0 radical (unpaired) electrons. The van der Waals surface area contributed by atoms with Crippen molar-refractivity contribution in [2.45, 2.75) is 51.9 Å². The standard InChI is InChI=1S/C23H28O/c1-3-4-6-14-22(18-19(2)24)23-15-10-9-13-21(23)17-16-20-11-7-5-8-12-20/h5,7-13,15-17,22H,3-4,6,14,18H2,1-2H3/b17-16+/t22-/m0/s1. The van der Waals surface area contributed by atoms with Crippen molar-refractivity contribution in [2.75, 3.05) is 0 Å². The normalized spacial score (nSPS) is 12.4. The summed E-state index contributed by atoms with van der Waals surface area (Å²) in [5, 5.41) is 0. The van der Waals surface area contributed by atoms with Crippen molar-refractivity contribution in [3.05, 3.63) is 71.3 Å². The van der Waals surface area contributed by atoms with Gasteiger partial charge in [-0.25, -0.2) is 0 Å². The molecule has 126 valence electrons. The van der Waals surface area contributed by atoms with Crippen LogP contribution in [0.5, 0.6) is 0 Å². The minimum Gasteiger partial charge on any atom is -0.300 e. The third-order valence-corrected chi connectivity index (χ3v) is 4.38. The van der Waals surface area contributed by atoms with Gasteiger partial charge in [0.2, 0.25) is 0 Å². The third-order valence-electron chi connectivity index (χ3n) is 4.38. The van der Waals surface area contributed by atoms with Crippen LogP contribution in [0.2, 0.25) is 0 Å². The van der Waals surface area contributed by atoms with Crippen molar-refractivity contribution < 1.29 is 4.79 Å². The molecule has 0 aliphatic rings. The van der Waals surface area contributed by atoms with E-state index in [9.17, 15) is 4.79 Å². The second-order valence-electron chi connectivity index (χ2n) is 6.47. The van der Waals surface area contributed by atoms with E-state index >= 15 is 0 Å². The Kier molecular flexibility index (Phi) is 7.48. The molecule has 0 saturated heterocycles. The molecule has 0 aromatic heterocycles. The van der Waals surface area contributed by atoms with Crippen LogP contribution in [0.25, 0.3) is 12.2 Å². The van der Waals surface area contributed by atoms with Gasteiger partial charge in [-0.15, -0.1) is 0 Å². The molecule has 0 amide bonds. The summed E-state index contributed by atoms with van der Waals surface area (Å²) in [4.78, 5) is 11.7. The largest absolute Gasteiger partial charge is 0.300 e. The second kappa shape index (κ2) is 9.87. The van der Waals surface area contributed by atoms with Gasteiger partial charge in [-0.05, 0) is 36.0 Å². The highest BCUT2D eigenvalue weighted by molar-refractivity contribution is 5.77. The fourth-order valence-electron chi connectivity index (χ4n) is 3.14. The molecule has 0 heterocycles. The van der Waals surface area contributed by atoms with Crippen molar-refractivity contribution in [3.8, 4) is 0 Å². The Balaban J connectivity index is 2.23. The summed E-state index contributed by atoms with van der Waals surface area (Å²) in [5.41, 5.74) is 3.72. The number of ketones is 1. The van der Waals surface area contributed by atoms with Gasteiger partial charge in [0.15, 0.2) is 0 Å². The van der Waals surface area contributed by atoms with Gasteiger partial charge in [0, 0.05) is 6.42 Å². The first-order valence-electron chi connectivity index (χ1n) is 9.02. The molecule has 0 spiro atoms. The summed E-state index contributed by atoms with van der Waals surface area (Å²) >= 11 is 0. The fourth-order valence-corrected chi connectivity index (χ4v) is 3.14. The molecule has 2 aromatic carbocycles.